The Balaban J connectivity index is 2.20. The van der Waals surface area contributed by atoms with Crippen LogP contribution in [0, 0.1) is 0 Å². The molecule has 1 unspecified atom stereocenters. The number of aliphatic hydroxyl groups is 1. The average molecular weight is 283 g/mol. The predicted molar refractivity (Wildman–Crippen MR) is 62.8 cm³/mol. The first-order valence-corrected chi connectivity index (χ1v) is 9.01. The molecule has 1 N–H and O–H groups in total. The zero-order valence-corrected chi connectivity index (χ0v) is 11.1. The van der Waals surface area contributed by atoms with E-state index < -0.39 is 25.1 Å². The van der Waals surface area contributed by atoms with Crippen LogP contribution in [0.4, 0.5) is 0 Å². The van der Waals surface area contributed by atoms with Gasteiger partial charge in [-0.3, -0.25) is 0 Å². The molecule has 0 spiro atoms. The quantitative estimate of drug-likeness (QED) is 0.714. The summed E-state index contributed by atoms with van der Waals surface area (Å²) in [5, 5.41) is 8.30. The minimum Gasteiger partial charge on any atom is -0.395 e. The summed E-state index contributed by atoms with van der Waals surface area (Å²) in [7, 11) is -6.78. The summed E-state index contributed by atoms with van der Waals surface area (Å²) in [4.78, 5) is 0. The fourth-order valence-corrected chi connectivity index (χ4v) is 7.29. The summed E-state index contributed by atoms with van der Waals surface area (Å²) in [6, 6.07) is -0.372. The maximum Gasteiger partial charge on any atom is 0.218 e. The second-order valence-electron chi connectivity index (χ2n) is 4.66. The van der Waals surface area contributed by atoms with Crippen molar-refractivity contribution in [2.45, 2.75) is 30.6 Å². The minimum absolute atomic E-state index is 0.0471. The summed E-state index contributed by atoms with van der Waals surface area (Å²) < 4.78 is 48.4. The molecule has 2 atom stereocenters. The van der Waals surface area contributed by atoms with E-state index in [2.05, 4.69) is 0 Å². The Hall–Kier alpha value is -0.180. The van der Waals surface area contributed by atoms with Crippen LogP contribution in [0.2, 0.25) is 0 Å². The molecule has 2 fully saturated rings. The monoisotopic (exact) mass is 283 g/mol. The molecule has 0 aromatic rings. The average Bonchev–Trinajstić information content (AvgIpc) is 2.83. The van der Waals surface area contributed by atoms with Crippen LogP contribution in [0.3, 0.4) is 0 Å². The molecule has 17 heavy (non-hydrogen) atoms. The maximum atomic E-state index is 12.2. The number of sulfone groups is 1. The number of aliphatic hydroxyl groups excluding tert-OH is 1. The van der Waals surface area contributed by atoms with E-state index in [1.807, 2.05) is 0 Å². The lowest BCUT2D eigenvalue weighted by Crippen LogP contribution is -2.43. The van der Waals surface area contributed by atoms with Gasteiger partial charge in [-0.1, -0.05) is 0 Å². The Morgan fingerprint density at radius 1 is 1.29 bits per heavy atom. The molecule has 2 heterocycles. The van der Waals surface area contributed by atoms with Gasteiger partial charge < -0.3 is 5.11 Å². The lowest BCUT2D eigenvalue weighted by atomic mass is 10.2. The highest BCUT2D eigenvalue weighted by molar-refractivity contribution is 7.95. The van der Waals surface area contributed by atoms with Crippen molar-refractivity contribution in [1.82, 2.24) is 4.31 Å². The van der Waals surface area contributed by atoms with Crippen LogP contribution in [0.25, 0.3) is 0 Å². The molecule has 0 aromatic carbocycles. The molecular weight excluding hydrogens is 266 g/mol. The maximum absolute atomic E-state index is 12.2. The molecule has 2 rings (SSSR count). The van der Waals surface area contributed by atoms with E-state index in [-0.39, 0.29) is 30.6 Å². The summed E-state index contributed by atoms with van der Waals surface area (Å²) >= 11 is 0. The topological polar surface area (TPSA) is 91.8 Å². The first-order valence-electron chi connectivity index (χ1n) is 5.69. The van der Waals surface area contributed by atoms with Gasteiger partial charge in [-0.05, 0) is 19.3 Å². The highest BCUT2D eigenvalue weighted by Crippen LogP contribution is 2.28. The molecule has 0 aromatic heterocycles. The number of nitrogens with zero attached hydrogens (tertiary/aromatic N) is 1. The van der Waals surface area contributed by atoms with Crippen LogP contribution in [0.15, 0.2) is 0 Å². The molecule has 0 aliphatic carbocycles. The van der Waals surface area contributed by atoms with Crippen molar-refractivity contribution in [3.05, 3.63) is 0 Å². The smallest absolute Gasteiger partial charge is 0.218 e. The normalized spacial score (nSPS) is 34.2. The van der Waals surface area contributed by atoms with Gasteiger partial charge >= 0.3 is 0 Å². The molecule has 0 amide bonds. The minimum atomic E-state index is -3.58. The molecule has 0 radical (unpaired) electrons. The second-order valence-corrected chi connectivity index (χ2v) is 9.05. The van der Waals surface area contributed by atoms with Gasteiger partial charge in [-0.2, -0.15) is 4.31 Å². The summed E-state index contributed by atoms with van der Waals surface area (Å²) in [5.74, 6) is -0.321. The fraction of sp³-hybridized carbons (Fsp3) is 1.00. The molecule has 0 bridgehead atoms. The first kappa shape index (κ1) is 13.3. The zero-order valence-electron chi connectivity index (χ0n) is 9.45. The van der Waals surface area contributed by atoms with Gasteiger partial charge in [-0.15, -0.1) is 0 Å². The van der Waals surface area contributed by atoms with E-state index in [0.29, 0.717) is 13.0 Å². The predicted octanol–water partition coefficient (Wildman–Crippen LogP) is -1.04. The molecule has 2 aliphatic heterocycles. The van der Waals surface area contributed by atoms with Gasteiger partial charge in [0.15, 0.2) is 9.84 Å². The van der Waals surface area contributed by atoms with Gasteiger partial charge in [0.25, 0.3) is 0 Å². The number of hydrogen-bond acceptors (Lipinski definition) is 5. The van der Waals surface area contributed by atoms with E-state index in [1.54, 1.807) is 0 Å². The van der Waals surface area contributed by atoms with Gasteiger partial charge in [0.1, 0.15) is 0 Å². The first-order chi connectivity index (χ1) is 7.87. The van der Waals surface area contributed by atoms with E-state index in [1.165, 1.54) is 4.31 Å². The lowest BCUT2D eigenvalue weighted by molar-refractivity contribution is 0.213. The second kappa shape index (κ2) is 4.49. The Morgan fingerprint density at radius 3 is 2.53 bits per heavy atom. The third-order valence-corrected chi connectivity index (χ3v) is 7.83. The Bertz CT molecular complexity index is 484. The van der Waals surface area contributed by atoms with E-state index in [9.17, 15) is 16.8 Å². The van der Waals surface area contributed by atoms with Crippen LogP contribution in [-0.4, -0.2) is 62.2 Å². The van der Waals surface area contributed by atoms with Crippen molar-refractivity contribution in [2.24, 2.45) is 0 Å². The Morgan fingerprint density at radius 2 is 2.00 bits per heavy atom. The van der Waals surface area contributed by atoms with Crippen molar-refractivity contribution in [3.63, 3.8) is 0 Å². The van der Waals surface area contributed by atoms with Gasteiger partial charge in [0, 0.05) is 12.6 Å². The van der Waals surface area contributed by atoms with Gasteiger partial charge in [0.05, 0.1) is 23.4 Å². The standard InChI is InChI=1S/C9H17NO5S2/c11-6-8-2-1-4-10(8)17(14,15)9-3-5-16(12,13)7-9/h8-9,11H,1-7H2/t8-,9?/m1/s1. The van der Waals surface area contributed by atoms with Crippen molar-refractivity contribution < 1.29 is 21.9 Å². The van der Waals surface area contributed by atoms with Crippen molar-refractivity contribution in [2.75, 3.05) is 24.7 Å². The van der Waals surface area contributed by atoms with Crippen molar-refractivity contribution in [3.8, 4) is 0 Å². The highest BCUT2D eigenvalue weighted by atomic mass is 32.2. The Labute approximate surface area is 102 Å². The van der Waals surface area contributed by atoms with Crippen LogP contribution in [-0.2, 0) is 19.9 Å². The molecule has 2 saturated heterocycles. The van der Waals surface area contributed by atoms with Gasteiger partial charge in [0.2, 0.25) is 10.0 Å². The largest absolute Gasteiger partial charge is 0.395 e. The molecule has 8 heteroatoms. The fourth-order valence-electron chi connectivity index (χ4n) is 2.51. The highest BCUT2D eigenvalue weighted by Gasteiger charge is 2.43. The molecule has 6 nitrogen and oxygen atoms in total. The zero-order chi connectivity index (χ0) is 12.7. The van der Waals surface area contributed by atoms with E-state index in [0.717, 1.165) is 6.42 Å². The third kappa shape index (κ3) is 2.49. The SMILES string of the molecule is O=S1(=O)CCC(S(=O)(=O)N2CCC[C@@H]2CO)C1. The van der Waals surface area contributed by atoms with Crippen LogP contribution in [0.1, 0.15) is 19.3 Å². The lowest BCUT2D eigenvalue weighted by Gasteiger charge is -2.25. The number of rotatable bonds is 3. The molecule has 2 aliphatic rings. The van der Waals surface area contributed by atoms with E-state index >= 15 is 0 Å². The summed E-state index contributed by atoms with van der Waals surface area (Å²) in [6.07, 6.45) is 1.55. The van der Waals surface area contributed by atoms with Crippen molar-refractivity contribution in [1.29, 1.82) is 0 Å². The van der Waals surface area contributed by atoms with E-state index in [4.69, 9.17) is 5.11 Å². The number of hydrogen-bond donors (Lipinski definition) is 1. The molecular formula is C9H17NO5S2. The number of sulfonamides is 1. The molecule has 0 saturated carbocycles. The van der Waals surface area contributed by atoms with Gasteiger partial charge in [-0.25, -0.2) is 16.8 Å². The summed E-state index contributed by atoms with van der Waals surface area (Å²) in [6.45, 7) is 0.197. The van der Waals surface area contributed by atoms with Crippen LogP contribution >= 0.6 is 0 Å². The summed E-state index contributed by atoms with van der Waals surface area (Å²) in [5.41, 5.74) is 0. The Kier molecular flexibility index (Phi) is 3.50. The third-order valence-electron chi connectivity index (χ3n) is 3.47. The van der Waals surface area contributed by atoms with Crippen LogP contribution < -0.4 is 0 Å². The van der Waals surface area contributed by atoms with Crippen molar-refractivity contribution >= 4 is 19.9 Å². The molecule has 100 valence electrons. The van der Waals surface area contributed by atoms with Crippen LogP contribution in [0.5, 0.6) is 0 Å².